The summed E-state index contributed by atoms with van der Waals surface area (Å²) in [4.78, 5) is 24.0. The van der Waals surface area contributed by atoms with E-state index in [4.69, 9.17) is 9.47 Å². The fourth-order valence-electron chi connectivity index (χ4n) is 3.54. The lowest BCUT2D eigenvalue weighted by Gasteiger charge is -2.20. The number of nitrogens with one attached hydrogen (secondary N) is 1. The molecule has 6 nitrogen and oxygen atoms in total. The van der Waals surface area contributed by atoms with Crippen molar-refractivity contribution in [2.45, 2.75) is 38.6 Å². The Labute approximate surface area is 176 Å². The molecule has 3 rings (SSSR count). The molecule has 1 aliphatic rings. The van der Waals surface area contributed by atoms with Gasteiger partial charge in [0.05, 0.1) is 13.2 Å². The molecular weight excluding hydrogens is 382 g/mol. The van der Waals surface area contributed by atoms with E-state index in [0.717, 1.165) is 18.4 Å². The van der Waals surface area contributed by atoms with Crippen LogP contribution in [0.5, 0.6) is 11.5 Å². The smallest absolute Gasteiger partial charge is 0.331 e. The molecule has 0 saturated heterocycles. The summed E-state index contributed by atoms with van der Waals surface area (Å²) < 4.78 is 10.0. The molecule has 1 amide bonds. The van der Waals surface area contributed by atoms with Crippen LogP contribution in [0.25, 0.3) is 6.08 Å². The van der Waals surface area contributed by atoms with E-state index in [2.05, 4.69) is 23.5 Å². The molecule has 0 heterocycles. The van der Waals surface area contributed by atoms with Crippen LogP contribution < -0.4 is 10.1 Å². The molecule has 6 heteroatoms. The minimum absolute atomic E-state index is 0.0157. The molecule has 0 bridgehead atoms. The van der Waals surface area contributed by atoms with Gasteiger partial charge in [-0.25, -0.2) is 4.79 Å². The van der Waals surface area contributed by atoms with Crippen LogP contribution in [0.1, 0.15) is 48.1 Å². The molecule has 0 spiro atoms. The molecule has 1 aliphatic carbocycles. The van der Waals surface area contributed by atoms with Crippen molar-refractivity contribution in [1.82, 2.24) is 5.32 Å². The van der Waals surface area contributed by atoms with Crippen LogP contribution in [-0.2, 0) is 27.2 Å². The normalized spacial score (nSPS) is 14.1. The van der Waals surface area contributed by atoms with Gasteiger partial charge in [0.2, 0.25) is 0 Å². The summed E-state index contributed by atoms with van der Waals surface area (Å²) in [6.07, 6.45) is 7.40. The molecule has 2 N–H and O–H groups in total. The Hall–Kier alpha value is -3.28. The van der Waals surface area contributed by atoms with E-state index in [0.29, 0.717) is 11.3 Å². The van der Waals surface area contributed by atoms with Crippen molar-refractivity contribution in [2.75, 3.05) is 13.7 Å². The van der Waals surface area contributed by atoms with Gasteiger partial charge in [0.15, 0.2) is 18.1 Å². The van der Waals surface area contributed by atoms with E-state index in [1.807, 2.05) is 6.92 Å². The quantitative estimate of drug-likeness (QED) is 0.538. The van der Waals surface area contributed by atoms with Crippen LogP contribution in [-0.4, -0.2) is 30.7 Å². The maximum atomic E-state index is 12.2. The molecule has 0 aliphatic heterocycles. The molecule has 0 fully saturated rings. The van der Waals surface area contributed by atoms with E-state index in [1.165, 1.54) is 49.3 Å². The Kier molecular flexibility index (Phi) is 7.12. The summed E-state index contributed by atoms with van der Waals surface area (Å²) in [5.74, 6) is -0.657. The van der Waals surface area contributed by atoms with E-state index >= 15 is 0 Å². The van der Waals surface area contributed by atoms with Gasteiger partial charge in [0, 0.05) is 6.08 Å². The molecule has 1 unspecified atom stereocenters. The second-order valence-corrected chi connectivity index (χ2v) is 7.40. The lowest BCUT2D eigenvalue weighted by atomic mass is 9.89. The van der Waals surface area contributed by atoms with Crippen molar-refractivity contribution >= 4 is 18.0 Å². The zero-order chi connectivity index (χ0) is 21.5. The summed E-state index contributed by atoms with van der Waals surface area (Å²) >= 11 is 0. The number of carbonyl (C=O) groups is 2. The minimum atomic E-state index is -0.626. The van der Waals surface area contributed by atoms with E-state index in [9.17, 15) is 14.7 Å². The number of ether oxygens (including phenoxy) is 2. The fourth-order valence-corrected chi connectivity index (χ4v) is 3.54. The highest BCUT2D eigenvalue weighted by Gasteiger charge is 2.15. The molecule has 0 saturated carbocycles. The van der Waals surface area contributed by atoms with E-state index in [1.54, 1.807) is 12.1 Å². The summed E-state index contributed by atoms with van der Waals surface area (Å²) in [7, 11) is 1.45. The molecule has 2 aromatic carbocycles. The molecule has 30 heavy (non-hydrogen) atoms. The van der Waals surface area contributed by atoms with E-state index < -0.39 is 5.97 Å². The topological polar surface area (TPSA) is 84.9 Å². The van der Waals surface area contributed by atoms with Gasteiger partial charge in [-0.3, -0.25) is 4.79 Å². The van der Waals surface area contributed by atoms with Crippen LogP contribution in [0.3, 0.4) is 0 Å². The molecule has 0 radical (unpaired) electrons. The average molecular weight is 409 g/mol. The highest BCUT2D eigenvalue weighted by Crippen LogP contribution is 2.27. The number of esters is 1. The number of carbonyl (C=O) groups excluding carboxylic acids is 2. The van der Waals surface area contributed by atoms with Crippen molar-refractivity contribution in [2.24, 2.45) is 0 Å². The number of aromatic hydroxyl groups is 1. The van der Waals surface area contributed by atoms with Gasteiger partial charge in [-0.2, -0.15) is 0 Å². The number of methoxy groups -OCH3 is 1. The van der Waals surface area contributed by atoms with Gasteiger partial charge in [-0.15, -0.1) is 0 Å². The largest absolute Gasteiger partial charge is 0.504 e. The Balaban J connectivity index is 1.48. The predicted octanol–water partition coefficient (Wildman–Crippen LogP) is 3.71. The number of fused-ring (bicyclic) bond motifs is 1. The molecular formula is C24H27NO5. The highest BCUT2D eigenvalue weighted by atomic mass is 16.5. The number of hydrogen-bond acceptors (Lipinski definition) is 5. The van der Waals surface area contributed by atoms with E-state index in [-0.39, 0.29) is 24.3 Å². The second kappa shape index (κ2) is 9.96. The van der Waals surface area contributed by atoms with Crippen molar-refractivity contribution in [3.63, 3.8) is 0 Å². The third-order valence-electron chi connectivity index (χ3n) is 5.21. The predicted molar refractivity (Wildman–Crippen MR) is 114 cm³/mol. The van der Waals surface area contributed by atoms with Crippen LogP contribution in [0.4, 0.5) is 0 Å². The van der Waals surface area contributed by atoms with Crippen molar-refractivity contribution in [3.05, 3.63) is 64.7 Å². The van der Waals surface area contributed by atoms with Gasteiger partial charge in [-0.05, 0) is 73.1 Å². The first-order valence-corrected chi connectivity index (χ1v) is 10.1. The van der Waals surface area contributed by atoms with Crippen LogP contribution in [0.15, 0.2) is 42.5 Å². The lowest BCUT2D eigenvalue weighted by molar-refractivity contribution is -0.144. The van der Waals surface area contributed by atoms with Gasteiger partial charge in [0.1, 0.15) is 0 Å². The standard InChI is InChI=1S/C24H27NO5/c1-16(19-10-9-18-5-3-4-6-20(18)14-19)25-23(27)15-30-24(28)12-8-17-7-11-21(26)22(13-17)29-2/h7-14,16,26H,3-6,15H2,1-2H3,(H,25,27)/b12-8+. The molecule has 158 valence electrons. The van der Waals surface area contributed by atoms with Gasteiger partial charge in [-0.1, -0.05) is 24.3 Å². The minimum Gasteiger partial charge on any atom is -0.504 e. The maximum absolute atomic E-state index is 12.2. The SMILES string of the molecule is COc1cc(/C=C/C(=O)OCC(=O)NC(C)c2ccc3c(c2)CCCC3)ccc1O. The number of rotatable bonds is 7. The zero-order valence-corrected chi connectivity index (χ0v) is 17.3. The van der Waals surface area contributed by atoms with Crippen LogP contribution >= 0.6 is 0 Å². The Morgan fingerprint density at radius 1 is 1.13 bits per heavy atom. The number of amides is 1. The highest BCUT2D eigenvalue weighted by molar-refractivity contribution is 5.89. The molecule has 1 atom stereocenters. The summed E-state index contributed by atoms with van der Waals surface area (Å²) in [6, 6.07) is 10.9. The molecule has 0 aromatic heterocycles. The Morgan fingerprint density at radius 3 is 2.67 bits per heavy atom. The number of benzene rings is 2. The van der Waals surface area contributed by atoms with Gasteiger partial charge in [0.25, 0.3) is 5.91 Å². The second-order valence-electron chi connectivity index (χ2n) is 7.40. The number of aryl methyl sites for hydroxylation is 2. The summed E-state index contributed by atoms with van der Waals surface area (Å²) in [5, 5.41) is 12.5. The van der Waals surface area contributed by atoms with Crippen molar-refractivity contribution < 1.29 is 24.2 Å². The summed E-state index contributed by atoms with van der Waals surface area (Å²) in [6.45, 7) is 1.57. The van der Waals surface area contributed by atoms with Crippen LogP contribution in [0, 0.1) is 0 Å². The first kappa shape index (κ1) is 21.4. The summed E-state index contributed by atoms with van der Waals surface area (Å²) in [5.41, 5.74) is 4.47. The van der Waals surface area contributed by atoms with Crippen molar-refractivity contribution in [1.29, 1.82) is 0 Å². The fraction of sp³-hybridized carbons (Fsp3) is 0.333. The van der Waals surface area contributed by atoms with Gasteiger partial charge >= 0.3 is 5.97 Å². The van der Waals surface area contributed by atoms with Gasteiger partial charge < -0.3 is 19.9 Å². The average Bonchev–Trinajstić information content (AvgIpc) is 2.76. The Bertz CT molecular complexity index is 951. The lowest BCUT2D eigenvalue weighted by Crippen LogP contribution is -2.31. The monoisotopic (exact) mass is 409 g/mol. The zero-order valence-electron chi connectivity index (χ0n) is 17.3. The first-order chi connectivity index (χ1) is 14.5. The number of phenolic OH excluding ortho intramolecular Hbond substituents is 1. The first-order valence-electron chi connectivity index (χ1n) is 10.1. The maximum Gasteiger partial charge on any atom is 0.331 e. The number of phenols is 1. The van der Waals surface area contributed by atoms with Crippen LogP contribution in [0.2, 0.25) is 0 Å². The molecule has 2 aromatic rings. The Morgan fingerprint density at radius 2 is 1.90 bits per heavy atom. The van der Waals surface area contributed by atoms with Crippen molar-refractivity contribution in [3.8, 4) is 11.5 Å². The number of hydrogen-bond donors (Lipinski definition) is 2. The third kappa shape index (κ3) is 5.63. The third-order valence-corrected chi connectivity index (χ3v) is 5.21.